The van der Waals surface area contributed by atoms with Crippen LogP contribution in [0.2, 0.25) is 0 Å². The molecule has 1 aliphatic heterocycles. The molecule has 0 saturated carbocycles. The van der Waals surface area contributed by atoms with Gasteiger partial charge >= 0.3 is 5.97 Å². The van der Waals surface area contributed by atoms with Crippen molar-refractivity contribution >= 4 is 34.5 Å². The third-order valence-corrected chi connectivity index (χ3v) is 5.72. The van der Waals surface area contributed by atoms with Crippen LogP contribution in [0.15, 0.2) is 30.5 Å². The van der Waals surface area contributed by atoms with Crippen LogP contribution in [0.5, 0.6) is 0 Å². The van der Waals surface area contributed by atoms with Crippen LogP contribution in [0.1, 0.15) is 24.8 Å². The van der Waals surface area contributed by atoms with Crippen LogP contribution in [0.4, 0.5) is 0 Å². The zero-order valence-electron chi connectivity index (χ0n) is 13.7. The summed E-state index contributed by atoms with van der Waals surface area (Å²) < 4.78 is 2.06. The second-order valence-corrected chi connectivity index (χ2v) is 7.55. The second kappa shape index (κ2) is 6.89. The molecule has 0 atom stereocenters. The summed E-state index contributed by atoms with van der Waals surface area (Å²) in [6.07, 6.45) is 3.94. The number of aryl methyl sites for hydroxylation is 2. The molecular weight excluding hydrogens is 324 g/mol. The number of nitrogens with zero attached hydrogens (tertiary/aromatic N) is 1. The van der Waals surface area contributed by atoms with Gasteiger partial charge in [0, 0.05) is 30.6 Å². The quantitative estimate of drug-likeness (QED) is 0.873. The summed E-state index contributed by atoms with van der Waals surface area (Å²) in [5, 5.41) is 13.5. The number of aromatic nitrogens is 1. The number of fused-ring (bicyclic) bond motifs is 1. The molecule has 1 fully saturated rings. The van der Waals surface area contributed by atoms with Gasteiger partial charge in [-0.25, -0.2) is 4.79 Å². The molecule has 0 bridgehead atoms. The zero-order chi connectivity index (χ0) is 17.2. The van der Waals surface area contributed by atoms with Crippen LogP contribution in [-0.4, -0.2) is 38.6 Å². The maximum absolute atomic E-state index is 12.3. The van der Waals surface area contributed by atoms with Crippen LogP contribution >= 0.6 is 11.8 Å². The highest BCUT2D eigenvalue weighted by Crippen LogP contribution is 2.28. The van der Waals surface area contributed by atoms with Crippen molar-refractivity contribution in [1.82, 2.24) is 9.88 Å². The Labute approximate surface area is 145 Å². The van der Waals surface area contributed by atoms with Crippen LogP contribution in [-0.2, 0) is 23.1 Å². The summed E-state index contributed by atoms with van der Waals surface area (Å²) in [7, 11) is 1.99. The number of amides is 1. The number of carbonyl (C=O) groups excluding carboxylic acids is 1. The number of aliphatic carboxylic acids is 1. The number of carbonyl (C=O) groups is 2. The van der Waals surface area contributed by atoms with E-state index in [-0.39, 0.29) is 5.91 Å². The van der Waals surface area contributed by atoms with Gasteiger partial charge in [-0.3, -0.25) is 4.79 Å². The van der Waals surface area contributed by atoms with Gasteiger partial charge in [0.05, 0.1) is 0 Å². The van der Waals surface area contributed by atoms with Crippen molar-refractivity contribution in [2.45, 2.75) is 31.2 Å². The Hall–Kier alpha value is -1.95. The summed E-state index contributed by atoms with van der Waals surface area (Å²) in [6.45, 7) is 0. The van der Waals surface area contributed by atoms with E-state index in [9.17, 15) is 14.7 Å². The highest BCUT2D eigenvalue weighted by atomic mass is 32.2. The number of nitrogens with one attached hydrogen (secondary N) is 1. The molecule has 128 valence electrons. The Morgan fingerprint density at radius 1 is 1.29 bits per heavy atom. The molecule has 0 spiro atoms. The number of benzene rings is 1. The minimum atomic E-state index is -1.08. The largest absolute Gasteiger partial charge is 0.480 e. The Morgan fingerprint density at radius 2 is 2.00 bits per heavy atom. The van der Waals surface area contributed by atoms with Gasteiger partial charge in [-0.2, -0.15) is 11.8 Å². The van der Waals surface area contributed by atoms with Crippen molar-refractivity contribution in [3.8, 4) is 0 Å². The molecule has 5 nitrogen and oxygen atoms in total. The van der Waals surface area contributed by atoms with Gasteiger partial charge in [0.2, 0.25) is 5.91 Å². The van der Waals surface area contributed by atoms with E-state index in [4.69, 9.17) is 0 Å². The minimum Gasteiger partial charge on any atom is -0.480 e. The summed E-state index contributed by atoms with van der Waals surface area (Å²) in [5.74, 6) is 0.449. The van der Waals surface area contributed by atoms with Crippen LogP contribution < -0.4 is 5.32 Å². The van der Waals surface area contributed by atoms with E-state index in [0.717, 1.165) is 28.0 Å². The van der Waals surface area contributed by atoms with Crippen molar-refractivity contribution in [2.24, 2.45) is 7.05 Å². The van der Waals surface area contributed by atoms with E-state index in [1.54, 1.807) is 11.8 Å². The Kier molecular flexibility index (Phi) is 4.85. The highest BCUT2D eigenvalue weighted by Gasteiger charge is 2.41. The van der Waals surface area contributed by atoms with Gasteiger partial charge in [-0.05, 0) is 42.4 Å². The van der Waals surface area contributed by atoms with Crippen molar-refractivity contribution in [2.75, 3.05) is 11.5 Å². The van der Waals surface area contributed by atoms with Gasteiger partial charge < -0.3 is 15.0 Å². The zero-order valence-corrected chi connectivity index (χ0v) is 14.6. The van der Waals surface area contributed by atoms with E-state index in [0.29, 0.717) is 25.7 Å². The molecule has 24 heavy (non-hydrogen) atoms. The molecular formula is C18H22N2O3S. The maximum atomic E-state index is 12.3. The Morgan fingerprint density at radius 3 is 2.71 bits per heavy atom. The first-order valence-electron chi connectivity index (χ1n) is 8.17. The number of para-hydroxylation sites is 1. The molecule has 2 heterocycles. The lowest BCUT2D eigenvalue weighted by Gasteiger charge is -2.33. The first-order chi connectivity index (χ1) is 11.5. The molecule has 0 radical (unpaired) electrons. The summed E-state index contributed by atoms with van der Waals surface area (Å²) in [6, 6.07) is 8.10. The van der Waals surface area contributed by atoms with Crippen LogP contribution in [0.3, 0.4) is 0 Å². The molecule has 0 aliphatic carbocycles. The molecule has 2 N–H and O–H groups in total. The molecule has 0 unspecified atom stereocenters. The predicted octanol–water partition coefficient (Wildman–Crippen LogP) is 2.58. The lowest BCUT2D eigenvalue weighted by molar-refractivity contribution is -0.148. The van der Waals surface area contributed by atoms with E-state index >= 15 is 0 Å². The van der Waals surface area contributed by atoms with Crippen molar-refractivity contribution in [3.63, 3.8) is 0 Å². The second-order valence-electron chi connectivity index (χ2n) is 6.33. The summed E-state index contributed by atoms with van der Waals surface area (Å²) in [5.41, 5.74) is 1.17. The van der Waals surface area contributed by atoms with E-state index in [1.165, 1.54) is 0 Å². The minimum absolute atomic E-state index is 0.183. The standard InChI is InChI=1S/C18H22N2O3S/c1-20-12-13(14-4-2-3-5-15(14)20)6-7-16(21)19-18(17(22)23)8-10-24-11-9-18/h2-5,12H,6-11H2,1H3,(H,19,21)(H,22,23). The van der Waals surface area contributed by atoms with Crippen LogP contribution in [0, 0.1) is 0 Å². The van der Waals surface area contributed by atoms with Gasteiger partial charge in [-0.15, -0.1) is 0 Å². The molecule has 1 aromatic heterocycles. The Balaban J connectivity index is 1.67. The number of thioether (sulfide) groups is 1. The monoisotopic (exact) mass is 346 g/mol. The molecule has 2 aromatic rings. The van der Waals surface area contributed by atoms with Gasteiger partial charge in [-0.1, -0.05) is 18.2 Å². The van der Waals surface area contributed by atoms with Crippen molar-refractivity contribution in [3.05, 3.63) is 36.0 Å². The highest BCUT2D eigenvalue weighted by molar-refractivity contribution is 7.99. The average Bonchev–Trinajstić information content (AvgIpc) is 2.90. The number of hydrogen-bond donors (Lipinski definition) is 2. The average molecular weight is 346 g/mol. The fraction of sp³-hybridized carbons (Fsp3) is 0.444. The first kappa shape index (κ1) is 16.9. The number of rotatable bonds is 5. The van der Waals surface area contributed by atoms with Crippen molar-refractivity contribution in [1.29, 1.82) is 0 Å². The molecule has 1 aromatic carbocycles. The Bertz CT molecular complexity index is 763. The molecule has 6 heteroatoms. The van der Waals surface area contributed by atoms with Gasteiger partial charge in [0.15, 0.2) is 0 Å². The first-order valence-corrected chi connectivity index (χ1v) is 9.32. The number of carboxylic acid groups (broad SMARTS) is 1. The lowest BCUT2D eigenvalue weighted by Crippen LogP contribution is -2.56. The molecule has 1 amide bonds. The lowest BCUT2D eigenvalue weighted by atomic mass is 9.92. The normalized spacial score (nSPS) is 16.9. The molecule has 3 rings (SSSR count). The third kappa shape index (κ3) is 3.29. The van der Waals surface area contributed by atoms with E-state index in [1.807, 2.05) is 25.4 Å². The smallest absolute Gasteiger partial charge is 0.329 e. The number of hydrogen-bond acceptors (Lipinski definition) is 3. The number of carboxylic acids is 1. The fourth-order valence-corrected chi connectivity index (χ4v) is 4.50. The fourth-order valence-electron chi connectivity index (χ4n) is 3.31. The predicted molar refractivity (Wildman–Crippen MR) is 96.3 cm³/mol. The van der Waals surface area contributed by atoms with Gasteiger partial charge in [0.25, 0.3) is 0 Å². The van der Waals surface area contributed by atoms with Crippen LogP contribution in [0.25, 0.3) is 10.9 Å². The maximum Gasteiger partial charge on any atom is 0.329 e. The molecule has 1 saturated heterocycles. The van der Waals surface area contributed by atoms with E-state index < -0.39 is 11.5 Å². The van der Waals surface area contributed by atoms with E-state index in [2.05, 4.69) is 22.0 Å². The summed E-state index contributed by atoms with van der Waals surface area (Å²) in [4.78, 5) is 24.0. The molecule has 1 aliphatic rings. The van der Waals surface area contributed by atoms with Gasteiger partial charge in [0.1, 0.15) is 5.54 Å². The third-order valence-electron chi connectivity index (χ3n) is 4.74. The SMILES string of the molecule is Cn1cc(CCC(=O)NC2(C(=O)O)CCSCC2)c2ccccc21. The summed E-state index contributed by atoms with van der Waals surface area (Å²) >= 11 is 1.74. The van der Waals surface area contributed by atoms with Crippen molar-refractivity contribution < 1.29 is 14.7 Å². The topological polar surface area (TPSA) is 71.3 Å².